The highest BCUT2D eigenvalue weighted by Crippen LogP contribution is 2.45. The fraction of sp³-hybridized carbons (Fsp3) is 0. The maximum absolute atomic E-state index is 6.65. The van der Waals surface area contributed by atoms with Crippen LogP contribution in [0.4, 0.5) is 0 Å². The van der Waals surface area contributed by atoms with Crippen molar-refractivity contribution < 1.29 is 8.83 Å². The molecule has 6 nitrogen and oxygen atoms in total. The third kappa shape index (κ3) is 6.76. The first kappa shape index (κ1) is 42.5. The number of fused-ring (bicyclic) bond motifs is 12. The molecule has 0 atom stereocenters. The standard InChI is InChI=1S/C69H40N4O2S/c1-3-13-41(14-4-1)42-25-27-43(28-26-42)67-70-68(47-29-33-52-51-18-8-10-22-59(51)75-62(52)40-47)72-69(71-67)53-20-11-23-61-65(53)55-37-44(31-35-60(55)74-61)45-32-36-63-56(38-45)66-49(19-12-24-64(66)76-63)46-30-34-58-54(39-46)50-17-7-9-21-57(50)73(58)48-15-5-2-6-16-48/h1-40H. The van der Waals surface area contributed by atoms with E-state index in [-0.39, 0.29) is 0 Å². The lowest BCUT2D eigenvalue weighted by molar-refractivity contribution is 0.668. The maximum atomic E-state index is 6.65. The summed E-state index contributed by atoms with van der Waals surface area (Å²) < 4.78 is 17.9. The number of thiophene rings is 1. The van der Waals surface area contributed by atoms with Crippen molar-refractivity contribution >= 4 is 97.2 Å². The van der Waals surface area contributed by atoms with Crippen molar-refractivity contribution in [2.24, 2.45) is 0 Å². The third-order valence-electron chi connectivity index (χ3n) is 15.1. The highest BCUT2D eigenvalue weighted by atomic mass is 32.1. The minimum atomic E-state index is 0.550. The van der Waals surface area contributed by atoms with Gasteiger partial charge < -0.3 is 13.4 Å². The van der Waals surface area contributed by atoms with Gasteiger partial charge in [-0.05, 0) is 118 Å². The van der Waals surface area contributed by atoms with Gasteiger partial charge in [0.25, 0.3) is 0 Å². The molecule has 0 bridgehead atoms. The molecule has 0 N–H and O–H groups in total. The molecule has 0 saturated heterocycles. The van der Waals surface area contributed by atoms with E-state index in [0.717, 1.165) is 88.5 Å². The summed E-state index contributed by atoms with van der Waals surface area (Å²) >= 11 is 1.84. The van der Waals surface area contributed by atoms with Crippen molar-refractivity contribution in [1.29, 1.82) is 0 Å². The molecule has 16 rings (SSSR count). The lowest BCUT2D eigenvalue weighted by Gasteiger charge is -2.10. The Bertz CT molecular complexity index is 4990. The van der Waals surface area contributed by atoms with Gasteiger partial charge in [-0.1, -0.05) is 158 Å². The normalized spacial score (nSPS) is 11.9. The van der Waals surface area contributed by atoms with Gasteiger partial charge in [-0.3, -0.25) is 0 Å². The third-order valence-corrected chi connectivity index (χ3v) is 16.2. The summed E-state index contributed by atoms with van der Waals surface area (Å²) in [5, 5.41) is 9.03. The molecule has 16 aromatic rings. The van der Waals surface area contributed by atoms with Gasteiger partial charge in [0, 0.05) is 74.9 Å². The van der Waals surface area contributed by atoms with Crippen LogP contribution >= 0.6 is 11.3 Å². The van der Waals surface area contributed by atoms with Crippen LogP contribution < -0.4 is 0 Å². The predicted octanol–water partition coefficient (Wildman–Crippen LogP) is 19.1. The van der Waals surface area contributed by atoms with Crippen LogP contribution in [-0.2, 0) is 0 Å². The van der Waals surface area contributed by atoms with Gasteiger partial charge in [0.2, 0.25) is 0 Å². The minimum absolute atomic E-state index is 0.550. The number of hydrogen-bond acceptors (Lipinski definition) is 6. The van der Waals surface area contributed by atoms with E-state index in [4.69, 9.17) is 23.8 Å². The number of para-hydroxylation sites is 3. The van der Waals surface area contributed by atoms with Crippen molar-refractivity contribution in [3.05, 3.63) is 243 Å². The number of aromatic nitrogens is 4. The zero-order valence-electron chi connectivity index (χ0n) is 40.6. The summed E-state index contributed by atoms with van der Waals surface area (Å²) in [7, 11) is 0. The highest BCUT2D eigenvalue weighted by molar-refractivity contribution is 7.26. The van der Waals surface area contributed by atoms with E-state index in [1.165, 1.54) is 53.1 Å². The molecule has 0 radical (unpaired) electrons. The highest BCUT2D eigenvalue weighted by Gasteiger charge is 2.21. The van der Waals surface area contributed by atoms with Crippen molar-refractivity contribution in [2.45, 2.75) is 0 Å². The van der Waals surface area contributed by atoms with Gasteiger partial charge in [0.15, 0.2) is 17.5 Å². The predicted molar refractivity (Wildman–Crippen MR) is 314 cm³/mol. The number of furan rings is 2. The Kier molecular flexibility index (Phi) is 9.40. The Balaban J connectivity index is 0.832. The monoisotopic (exact) mass is 988 g/mol. The molecule has 0 spiro atoms. The average molecular weight is 989 g/mol. The van der Waals surface area contributed by atoms with Crippen LogP contribution in [0.1, 0.15) is 0 Å². The van der Waals surface area contributed by atoms with Crippen LogP contribution in [0.3, 0.4) is 0 Å². The van der Waals surface area contributed by atoms with E-state index in [1.807, 2.05) is 53.8 Å². The first-order valence-corrected chi connectivity index (χ1v) is 26.3. The number of rotatable bonds is 7. The summed E-state index contributed by atoms with van der Waals surface area (Å²) in [6, 6.07) is 85.8. The molecule has 0 aliphatic heterocycles. The van der Waals surface area contributed by atoms with E-state index in [9.17, 15) is 0 Å². The van der Waals surface area contributed by atoms with Crippen molar-refractivity contribution in [1.82, 2.24) is 19.5 Å². The smallest absolute Gasteiger partial charge is 0.164 e. The fourth-order valence-corrected chi connectivity index (χ4v) is 12.6. The topological polar surface area (TPSA) is 69.9 Å². The molecule has 76 heavy (non-hydrogen) atoms. The molecule has 0 aliphatic rings. The van der Waals surface area contributed by atoms with Crippen molar-refractivity contribution in [2.75, 3.05) is 0 Å². The second-order valence-corrected chi connectivity index (χ2v) is 20.5. The van der Waals surface area contributed by atoms with Crippen LogP contribution in [0.25, 0.3) is 159 Å². The fourth-order valence-electron chi connectivity index (χ4n) is 11.5. The Labute approximate surface area is 439 Å². The quantitative estimate of drug-likeness (QED) is 0.159. The number of benzene rings is 11. The van der Waals surface area contributed by atoms with E-state index >= 15 is 0 Å². The van der Waals surface area contributed by atoms with Gasteiger partial charge in [-0.25, -0.2) is 15.0 Å². The molecule has 0 aliphatic carbocycles. The summed E-state index contributed by atoms with van der Waals surface area (Å²) in [6.07, 6.45) is 0. The molecule has 0 fully saturated rings. The van der Waals surface area contributed by atoms with Crippen molar-refractivity contribution in [3.8, 4) is 73.2 Å². The Hall–Kier alpha value is -9.95. The van der Waals surface area contributed by atoms with Gasteiger partial charge in [0.1, 0.15) is 22.3 Å². The maximum Gasteiger partial charge on any atom is 0.164 e. The molecule has 0 amide bonds. The van der Waals surface area contributed by atoms with Crippen LogP contribution in [0.15, 0.2) is 251 Å². The Morgan fingerprint density at radius 3 is 1.74 bits per heavy atom. The Morgan fingerprint density at radius 1 is 0.289 bits per heavy atom. The van der Waals surface area contributed by atoms with Gasteiger partial charge in [0.05, 0.1) is 11.0 Å². The largest absolute Gasteiger partial charge is 0.456 e. The Morgan fingerprint density at radius 2 is 0.868 bits per heavy atom. The van der Waals surface area contributed by atoms with E-state index < -0.39 is 0 Å². The first-order valence-electron chi connectivity index (χ1n) is 25.5. The van der Waals surface area contributed by atoms with Gasteiger partial charge in [-0.2, -0.15) is 0 Å². The van der Waals surface area contributed by atoms with Gasteiger partial charge in [-0.15, -0.1) is 11.3 Å². The second kappa shape index (κ2) is 16.8. The SMILES string of the molecule is c1ccc(-c2ccc(-c3nc(-c4ccc5c(c4)oc4ccccc45)nc(-c4cccc5oc6ccc(-c7ccc8sc9cccc(-c%10ccc%11c(c%10)c%10ccccc%10n%11-c%10ccccc%10)c9c8c7)cc6c45)n3)cc2)cc1. The van der Waals surface area contributed by atoms with Crippen LogP contribution in [0.2, 0.25) is 0 Å². The molecule has 0 saturated carbocycles. The van der Waals surface area contributed by atoms with Gasteiger partial charge >= 0.3 is 0 Å². The molecule has 11 aromatic carbocycles. The average Bonchev–Trinajstić information content (AvgIpc) is 4.26. The second-order valence-electron chi connectivity index (χ2n) is 19.5. The molecule has 0 unspecified atom stereocenters. The molecule has 7 heteroatoms. The van der Waals surface area contributed by atoms with Crippen LogP contribution in [-0.4, -0.2) is 19.5 Å². The molecular formula is C69H40N4O2S. The molecule has 5 heterocycles. The molecule has 354 valence electrons. The summed E-state index contributed by atoms with van der Waals surface area (Å²) in [4.78, 5) is 15.7. The van der Waals surface area contributed by atoms with E-state index in [2.05, 4.69) is 205 Å². The van der Waals surface area contributed by atoms with Crippen LogP contribution in [0, 0.1) is 0 Å². The van der Waals surface area contributed by atoms with E-state index in [1.54, 1.807) is 0 Å². The lowest BCUT2D eigenvalue weighted by Crippen LogP contribution is -2.00. The van der Waals surface area contributed by atoms with Crippen LogP contribution in [0.5, 0.6) is 0 Å². The number of hydrogen-bond donors (Lipinski definition) is 0. The van der Waals surface area contributed by atoms with Crippen molar-refractivity contribution in [3.63, 3.8) is 0 Å². The first-order chi connectivity index (χ1) is 37.6. The molecular weight excluding hydrogens is 949 g/mol. The summed E-state index contributed by atoms with van der Waals surface area (Å²) in [6.45, 7) is 0. The summed E-state index contributed by atoms with van der Waals surface area (Å²) in [5.41, 5.74) is 16.2. The van der Waals surface area contributed by atoms with E-state index in [0.29, 0.717) is 17.5 Å². The zero-order chi connectivity index (χ0) is 49.8. The summed E-state index contributed by atoms with van der Waals surface area (Å²) in [5.74, 6) is 1.68. The molecule has 5 aromatic heterocycles. The zero-order valence-corrected chi connectivity index (χ0v) is 41.4. The number of nitrogens with zero attached hydrogens (tertiary/aromatic N) is 4. The lowest BCUT2D eigenvalue weighted by atomic mass is 9.96. The minimum Gasteiger partial charge on any atom is -0.456 e.